The van der Waals surface area contributed by atoms with Gasteiger partial charge in [-0.05, 0) is 199 Å². The number of nitrogens with zero attached hydrogens (tertiary/aromatic N) is 6. The molecule has 462 valence electrons. The summed E-state index contributed by atoms with van der Waals surface area (Å²) in [5.41, 5.74) is 16.0. The first-order valence-corrected chi connectivity index (χ1v) is 33.2. The molecule has 0 spiro atoms. The minimum absolute atomic E-state index is 0.0362. The first-order chi connectivity index (χ1) is 41.9. The fraction of sp³-hybridized carbons (Fsp3) is 0.532. The summed E-state index contributed by atoms with van der Waals surface area (Å²) in [5, 5.41) is 0. The van der Waals surface area contributed by atoms with Gasteiger partial charge in [0.15, 0.2) is 0 Å². The number of carbonyl (C=O) groups is 3. The number of rotatable bonds is 3. The molecule has 2 unspecified atom stereocenters. The summed E-state index contributed by atoms with van der Waals surface area (Å²) in [7, 11) is 5.78. The van der Waals surface area contributed by atoms with Crippen molar-refractivity contribution in [3.63, 3.8) is 0 Å². The van der Waals surface area contributed by atoms with E-state index in [0.717, 1.165) is 95.0 Å². The van der Waals surface area contributed by atoms with Gasteiger partial charge in [0.1, 0.15) is 11.6 Å². The van der Waals surface area contributed by atoms with Crippen LogP contribution in [-0.4, -0.2) is 88.2 Å². The normalized spacial score (nSPS) is 37.8. The molecule has 11 heteroatoms. The fourth-order valence-electron chi connectivity index (χ4n) is 20.8. The average Bonchev–Trinajstić information content (AvgIpc) is 1.42. The van der Waals surface area contributed by atoms with E-state index in [1.165, 1.54) is 81.8 Å². The number of carbonyl (C=O) groups excluding carboxylic acids is 3. The Hall–Kier alpha value is -6.62. The van der Waals surface area contributed by atoms with Crippen molar-refractivity contribution in [1.82, 2.24) is 29.7 Å². The van der Waals surface area contributed by atoms with E-state index in [1.807, 2.05) is 72.5 Å². The lowest BCUT2D eigenvalue weighted by Crippen LogP contribution is -2.48. The second kappa shape index (κ2) is 22.1. The molecule has 14 atom stereocenters. The van der Waals surface area contributed by atoms with E-state index < -0.39 is 0 Å². The Kier molecular flexibility index (Phi) is 15.1. The van der Waals surface area contributed by atoms with Gasteiger partial charge in [-0.1, -0.05) is 131 Å². The molecule has 6 fully saturated rings. The van der Waals surface area contributed by atoms with Crippen LogP contribution in [0.1, 0.15) is 156 Å². The molecule has 6 saturated carbocycles. The molecule has 12 aliphatic rings. The van der Waals surface area contributed by atoms with E-state index in [1.54, 1.807) is 30.1 Å². The molecule has 0 N–H and O–H groups in total. The van der Waals surface area contributed by atoms with Crippen LogP contribution in [-0.2, 0) is 14.4 Å². The topological polar surface area (TPSA) is 99.6 Å². The molecule has 3 amide bonds. The highest BCUT2D eigenvalue weighted by Gasteiger charge is 2.59. The van der Waals surface area contributed by atoms with Gasteiger partial charge in [-0.3, -0.25) is 29.3 Å². The third-order valence-electron chi connectivity index (χ3n) is 25.9. The van der Waals surface area contributed by atoms with Crippen LogP contribution < -0.4 is 0 Å². The van der Waals surface area contributed by atoms with Crippen LogP contribution in [0.25, 0.3) is 16.7 Å². The maximum absolute atomic E-state index is 13.9. The van der Waals surface area contributed by atoms with Crippen LogP contribution in [0.15, 0.2) is 150 Å². The zero-order valence-corrected chi connectivity index (χ0v) is 54.1. The van der Waals surface area contributed by atoms with Gasteiger partial charge in [0.2, 0.25) is 17.7 Å². The Labute approximate surface area is 522 Å². The highest BCUT2D eigenvalue weighted by Crippen LogP contribution is 2.69. The van der Waals surface area contributed by atoms with Crippen LogP contribution in [0.3, 0.4) is 0 Å². The molecular formula is C77H92F2N6O3. The molecule has 0 saturated heterocycles. The first-order valence-electron chi connectivity index (χ1n) is 33.2. The van der Waals surface area contributed by atoms with Crippen molar-refractivity contribution in [2.24, 2.45) is 79.8 Å². The van der Waals surface area contributed by atoms with E-state index in [0.29, 0.717) is 47.3 Å². The predicted octanol–water partition coefficient (Wildman–Crippen LogP) is 15.8. The smallest absolute Gasteiger partial charge is 0.246 e. The van der Waals surface area contributed by atoms with Crippen LogP contribution in [0.4, 0.5) is 8.78 Å². The van der Waals surface area contributed by atoms with Crippen molar-refractivity contribution in [1.29, 1.82) is 0 Å². The first kappa shape index (κ1) is 60.3. The van der Waals surface area contributed by atoms with Crippen LogP contribution in [0.2, 0.25) is 0 Å². The molecule has 9 aliphatic carbocycles. The number of hydrogen-bond donors (Lipinski definition) is 0. The Morgan fingerprint density at radius 2 is 0.852 bits per heavy atom. The number of amides is 3. The van der Waals surface area contributed by atoms with Gasteiger partial charge in [-0.25, -0.2) is 8.78 Å². The van der Waals surface area contributed by atoms with Crippen molar-refractivity contribution in [2.45, 2.75) is 139 Å². The second-order valence-electron chi connectivity index (χ2n) is 30.3. The predicted molar refractivity (Wildman–Crippen MR) is 346 cm³/mol. The van der Waals surface area contributed by atoms with Crippen LogP contribution in [0.5, 0.6) is 0 Å². The monoisotopic (exact) mass is 1190 g/mol. The third kappa shape index (κ3) is 9.60. The lowest BCUT2D eigenvalue weighted by Gasteiger charge is -2.56. The Morgan fingerprint density at radius 1 is 0.455 bits per heavy atom. The van der Waals surface area contributed by atoms with Gasteiger partial charge in [-0.15, -0.1) is 0 Å². The number of pyridine rings is 3. The Bertz CT molecular complexity index is 3680. The van der Waals surface area contributed by atoms with Gasteiger partial charge in [-0.2, -0.15) is 0 Å². The van der Waals surface area contributed by atoms with Crippen LogP contribution in [0, 0.1) is 91.5 Å². The third-order valence-corrected chi connectivity index (χ3v) is 25.9. The Morgan fingerprint density at radius 3 is 1.28 bits per heavy atom. The molecule has 3 aromatic rings. The molecule has 3 aromatic heterocycles. The molecule has 88 heavy (non-hydrogen) atoms. The average molecular weight is 1190 g/mol. The molecular weight excluding hydrogens is 1090 g/mol. The number of allylic oxidation sites excluding steroid dienone is 15. The zero-order valence-electron chi connectivity index (χ0n) is 54.1. The van der Waals surface area contributed by atoms with E-state index >= 15 is 0 Å². The standard InChI is InChI=1S/C26H31FN2O.C26H32N2O.C25H29FN2O/c1-16-11-19-21-6-5-20(17-12-18(27)15-28-14-17)25(21,2)8-7-22(19)26(3)9-10-29(4)24(30)13-23(16)26;1-17-14-19-21-8-7-20(18-6-5-12-27-16-18)25(21,2)10-9-22(19)26(3)11-13-28(4)24(29)15-23(17)26;1-24-10-11-28(3)23(29)13-17(24)4-5-19-21-7-6-20(16-12-18(26)15-27-14-16)25(21,2)9-8-22(19)24/h5-6,12-16,19,22H,7-11H2,1-4H3;5-8,12,15-17,19,22H,9-11,13-14H2,1-4H3;6-7,12-15,19,22H,4-5,8-11H2,1-3H3/t16?,19-,22-,25+,26+;17?,19-,22-,25+,26+;19-,22-,24-,25+/m000/s1. The molecule has 0 aromatic carbocycles. The summed E-state index contributed by atoms with van der Waals surface area (Å²) >= 11 is 0. The second-order valence-corrected chi connectivity index (χ2v) is 30.3. The molecule has 0 radical (unpaired) electrons. The molecule has 6 heterocycles. The van der Waals surface area contributed by atoms with Gasteiger partial charge in [0.25, 0.3) is 0 Å². The summed E-state index contributed by atoms with van der Waals surface area (Å²) in [4.78, 5) is 55.8. The van der Waals surface area contributed by atoms with Crippen LogP contribution >= 0.6 is 0 Å². The number of fused-ring (bicyclic) bond motifs is 15. The molecule has 15 rings (SSSR count). The van der Waals surface area contributed by atoms with Crippen molar-refractivity contribution in [3.8, 4) is 0 Å². The van der Waals surface area contributed by atoms with E-state index in [-0.39, 0.29) is 61.8 Å². The summed E-state index contributed by atoms with van der Waals surface area (Å²) in [6, 6.07) is 7.47. The van der Waals surface area contributed by atoms with Crippen molar-refractivity contribution < 1.29 is 23.2 Å². The minimum Gasteiger partial charge on any atom is -0.342 e. The number of halogens is 2. The number of aromatic nitrogens is 3. The summed E-state index contributed by atoms with van der Waals surface area (Å²) in [5.74, 6) is 4.21. The lowest BCUT2D eigenvalue weighted by molar-refractivity contribution is -0.125. The van der Waals surface area contributed by atoms with Crippen molar-refractivity contribution in [2.75, 3.05) is 40.8 Å². The van der Waals surface area contributed by atoms with Gasteiger partial charge >= 0.3 is 0 Å². The quantitative estimate of drug-likeness (QED) is 0.259. The van der Waals surface area contributed by atoms with Crippen molar-refractivity contribution in [3.05, 3.63) is 178 Å². The highest BCUT2D eigenvalue weighted by molar-refractivity contribution is 5.90. The molecule has 9 nitrogen and oxygen atoms in total. The summed E-state index contributed by atoms with van der Waals surface area (Å²) in [6.07, 6.45) is 44.0. The maximum atomic E-state index is 13.9. The zero-order chi connectivity index (χ0) is 62.0. The lowest BCUT2D eigenvalue weighted by atomic mass is 9.47. The highest BCUT2D eigenvalue weighted by atomic mass is 19.1. The minimum atomic E-state index is -0.278. The maximum Gasteiger partial charge on any atom is 0.246 e. The largest absolute Gasteiger partial charge is 0.342 e. The van der Waals surface area contributed by atoms with E-state index in [9.17, 15) is 23.2 Å². The Balaban J connectivity index is 0.000000122. The van der Waals surface area contributed by atoms with E-state index in [2.05, 4.69) is 113 Å². The molecule has 0 bridgehead atoms. The van der Waals surface area contributed by atoms with E-state index in [4.69, 9.17) is 0 Å². The molecule has 3 aliphatic heterocycles. The number of likely N-dealkylation sites (N-methyl/N-ethyl adjacent to an activating group) is 3. The van der Waals surface area contributed by atoms with Gasteiger partial charge < -0.3 is 14.7 Å². The summed E-state index contributed by atoms with van der Waals surface area (Å²) in [6.45, 7) is 21.5. The van der Waals surface area contributed by atoms with Crippen molar-refractivity contribution >= 4 is 34.4 Å². The summed E-state index contributed by atoms with van der Waals surface area (Å²) < 4.78 is 27.7. The van der Waals surface area contributed by atoms with Gasteiger partial charge in [0, 0.05) is 100 Å². The van der Waals surface area contributed by atoms with Gasteiger partial charge in [0.05, 0.1) is 12.4 Å². The number of hydrogen-bond acceptors (Lipinski definition) is 6. The SMILES string of the molecule is CC1C[C@H]2C3=CC=C(c4cccnc4)[C@@]3(C)CC[C@@H]2[C@@]2(C)CCN(C)C(=O)C=C12.CC1C[C@H]2C3=CC=C(c4cncc(F)c4)[C@@]3(C)CC[C@@H]2[C@@]2(C)CCN(C)C(=O)C=C12.CN1CC[C@@]2(C)C(=CC1=O)CC[C@H]1C3=CC=C(c4cncc(F)c4)[C@@]3(C)CC[C@@H]12. The fourth-order valence-corrected chi connectivity index (χ4v) is 20.8.